The van der Waals surface area contributed by atoms with Crippen LogP contribution in [0.2, 0.25) is 0 Å². The number of benzene rings is 1. The van der Waals surface area contributed by atoms with Gasteiger partial charge < -0.3 is 0 Å². The SMILES string of the molecule is CN1N(C[n+]2cncc(C#Cc3ccccc3)c2)C(=O)CC1(C)C. The normalized spacial score (nSPS) is 16.8. The van der Waals surface area contributed by atoms with Gasteiger partial charge in [0, 0.05) is 24.6 Å². The molecule has 0 spiro atoms. The fourth-order valence-corrected chi connectivity index (χ4v) is 2.65. The summed E-state index contributed by atoms with van der Waals surface area (Å²) in [6.07, 6.45) is 5.87. The van der Waals surface area contributed by atoms with Crippen LogP contribution in [0.5, 0.6) is 0 Å². The van der Waals surface area contributed by atoms with E-state index in [1.54, 1.807) is 17.5 Å². The molecule has 0 saturated carbocycles. The first-order valence-corrected chi connectivity index (χ1v) is 7.91. The lowest BCUT2D eigenvalue weighted by Gasteiger charge is -2.31. The van der Waals surface area contributed by atoms with Gasteiger partial charge >= 0.3 is 0 Å². The molecular weight excluding hydrogens is 300 g/mol. The molecule has 5 heteroatoms. The van der Waals surface area contributed by atoms with Gasteiger partial charge in [0.1, 0.15) is 11.8 Å². The number of amides is 1. The smallest absolute Gasteiger partial charge is 0.273 e. The molecule has 1 aliphatic rings. The van der Waals surface area contributed by atoms with Gasteiger partial charge in [-0.3, -0.25) is 4.79 Å². The molecule has 3 rings (SSSR count). The van der Waals surface area contributed by atoms with Gasteiger partial charge in [-0.15, -0.1) is 0 Å². The molecule has 0 unspecified atom stereocenters. The summed E-state index contributed by atoms with van der Waals surface area (Å²) in [5.74, 6) is 6.35. The highest BCUT2D eigenvalue weighted by Gasteiger charge is 2.41. The number of aromatic nitrogens is 2. The highest BCUT2D eigenvalue weighted by atomic mass is 16.2. The molecule has 2 aromatic rings. The van der Waals surface area contributed by atoms with Crippen LogP contribution in [-0.2, 0) is 11.5 Å². The maximum absolute atomic E-state index is 12.2. The van der Waals surface area contributed by atoms with Gasteiger partial charge in [-0.25, -0.2) is 14.6 Å². The van der Waals surface area contributed by atoms with Crippen LogP contribution in [0.4, 0.5) is 0 Å². The third kappa shape index (κ3) is 3.44. The van der Waals surface area contributed by atoms with Crippen molar-refractivity contribution in [3.63, 3.8) is 0 Å². The van der Waals surface area contributed by atoms with Crippen molar-refractivity contribution in [1.82, 2.24) is 15.0 Å². The summed E-state index contributed by atoms with van der Waals surface area (Å²) in [7, 11) is 1.94. The van der Waals surface area contributed by atoms with Gasteiger partial charge in [-0.1, -0.05) is 35.0 Å². The van der Waals surface area contributed by atoms with Crippen LogP contribution in [0.3, 0.4) is 0 Å². The molecule has 0 radical (unpaired) electrons. The largest absolute Gasteiger partial charge is 0.287 e. The average Bonchev–Trinajstić information content (AvgIpc) is 2.76. The van der Waals surface area contributed by atoms with Crippen molar-refractivity contribution in [2.24, 2.45) is 0 Å². The molecular formula is C19H21N4O+. The lowest BCUT2D eigenvalue weighted by Crippen LogP contribution is -2.52. The zero-order chi connectivity index (χ0) is 17.2. The summed E-state index contributed by atoms with van der Waals surface area (Å²) >= 11 is 0. The summed E-state index contributed by atoms with van der Waals surface area (Å²) in [5.41, 5.74) is 1.62. The summed E-state index contributed by atoms with van der Waals surface area (Å²) in [5, 5.41) is 3.74. The zero-order valence-electron chi connectivity index (χ0n) is 14.2. The molecule has 0 bridgehead atoms. The number of carbonyl (C=O) groups is 1. The molecule has 0 atom stereocenters. The van der Waals surface area contributed by atoms with Crippen LogP contribution in [0.15, 0.2) is 49.1 Å². The minimum Gasteiger partial charge on any atom is -0.273 e. The summed E-state index contributed by atoms with van der Waals surface area (Å²) in [6.45, 7) is 4.57. The van der Waals surface area contributed by atoms with Gasteiger partial charge in [0.25, 0.3) is 6.33 Å². The minimum absolute atomic E-state index is 0.121. The van der Waals surface area contributed by atoms with Crippen molar-refractivity contribution in [2.45, 2.75) is 32.5 Å². The minimum atomic E-state index is -0.157. The predicted molar refractivity (Wildman–Crippen MR) is 90.2 cm³/mol. The summed E-state index contributed by atoms with van der Waals surface area (Å²) in [4.78, 5) is 16.5. The standard InChI is InChI=1S/C19H21N4O/c1-19(2)11-18(24)23(21(19)3)15-22-13-17(12-20-14-22)10-9-16-7-5-4-6-8-16/h4-8,12-14H,11,15H2,1-3H3/q+1. The highest BCUT2D eigenvalue weighted by Crippen LogP contribution is 2.27. The second-order valence-electron chi connectivity index (χ2n) is 6.56. The Hall–Kier alpha value is -2.71. The van der Waals surface area contributed by atoms with E-state index in [2.05, 4.69) is 30.7 Å². The van der Waals surface area contributed by atoms with Crippen molar-refractivity contribution in [3.05, 3.63) is 60.2 Å². The van der Waals surface area contributed by atoms with Gasteiger partial charge in [0.2, 0.25) is 5.91 Å². The molecule has 0 N–H and O–H groups in total. The van der Waals surface area contributed by atoms with E-state index >= 15 is 0 Å². The summed E-state index contributed by atoms with van der Waals surface area (Å²) in [6, 6.07) is 9.83. The molecule has 2 heterocycles. The van der Waals surface area contributed by atoms with Gasteiger partial charge in [-0.05, 0) is 26.0 Å². The van der Waals surface area contributed by atoms with Crippen molar-refractivity contribution in [2.75, 3.05) is 7.05 Å². The van der Waals surface area contributed by atoms with Gasteiger partial charge in [-0.2, -0.15) is 0 Å². The lowest BCUT2D eigenvalue weighted by atomic mass is 10.0. The van der Waals surface area contributed by atoms with Gasteiger partial charge in [0.05, 0.1) is 0 Å². The Morgan fingerprint density at radius 2 is 1.92 bits per heavy atom. The number of hydrogen-bond donors (Lipinski definition) is 0. The van der Waals surface area contributed by atoms with Crippen LogP contribution < -0.4 is 4.57 Å². The Balaban J connectivity index is 1.77. The number of hydrogen-bond acceptors (Lipinski definition) is 3. The van der Waals surface area contributed by atoms with Crippen LogP contribution in [0, 0.1) is 11.8 Å². The Morgan fingerprint density at radius 1 is 1.21 bits per heavy atom. The van der Waals surface area contributed by atoms with Crippen LogP contribution in [-0.4, -0.2) is 33.5 Å². The number of nitrogens with zero attached hydrogens (tertiary/aromatic N) is 4. The molecule has 1 aliphatic heterocycles. The third-order valence-electron chi connectivity index (χ3n) is 4.27. The van der Waals surface area contributed by atoms with E-state index in [-0.39, 0.29) is 11.4 Å². The molecule has 5 nitrogen and oxygen atoms in total. The molecule has 1 aromatic carbocycles. The third-order valence-corrected chi connectivity index (χ3v) is 4.27. The highest BCUT2D eigenvalue weighted by molar-refractivity contribution is 5.78. The topological polar surface area (TPSA) is 40.3 Å². The van der Waals surface area contributed by atoms with Crippen molar-refractivity contribution in [3.8, 4) is 11.8 Å². The molecule has 1 aromatic heterocycles. The van der Waals surface area contributed by atoms with E-state index in [0.717, 1.165) is 11.1 Å². The van der Waals surface area contributed by atoms with Crippen molar-refractivity contribution >= 4 is 5.91 Å². The van der Waals surface area contributed by atoms with Gasteiger partial charge in [0.15, 0.2) is 12.9 Å². The quantitative estimate of drug-likeness (QED) is 0.623. The number of rotatable bonds is 2. The molecule has 1 saturated heterocycles. The van der Waals surface area contributed by atoms with Crippen molar-refractivity contribution in [1.29, 1.82) is 0 Å². The Kier molecular flexibility index (Phi) is 4.32. The Bertz CT molecular complexity index is 805. The molecule has 1 amide bonds. The fraction of sp³-hybridized carbons (Fsp3) is 0.316. The van der Waals surface area contributed by atoms with E-state index in [1.165, 1.54) is 0 Å². The predicted octanol–water partition coefficient (Wildman–Crippen LogP) is 1.58. The maximum Gasteiger partial charge on any atom is 0.287 e. The van der Waals surface area contributed by atoms with E-state index in [1.807, 2.05) is 53.2 Å². The zero-order valence-corrected chi connectivity index (χ0v) is 14.2. The van der Waals surface area contributed by atoms with E-state index in [0.29, 0.717) is 13.1 Å². The average molecular weight is 321 g/mol. The first-order valence-electron chi connectivity index (χ1n) is 7.91. The number of hydrazine groups is 1. The van der Waals surface area contributed by atoms with Crippen LogP contribution in [0.25, 0.3) is 0 Å². The molecule has 24 heavy (non-hydrogen) atoms. The maximum atomic E-state index is 12.2. The van der Waals surface area contributed by atoms with Crippen LogP contribution >= 0.6 is 0 Å². The first kappa shape index (κ1) is 16.2. The second kappa shape index (κ2) is 6.42. The van der Waals surface area contributed by atoms with Crippen molar-refractivity contribution < 1.29 is 9.36 Å². The number of carbonyl (C=O) groups excluding carboxylic acids is 1. The van der Waals surface area contributed by atoms with E-state index < -0.39 is 0 Å². The first-order chi connectivity index (χ1) is 11.5. The molecule has 1 fully saturated rings. The molecule has 122 valence electrons. The molecule has 0 aliphatic carbocycles. The second-order valence-corrected chi connectivity index (χ2v) is 6.56. The Morgan fingerprint density at radius 3 is 2.58 bits per heavy atom. The van der Waals surface area contributed by atoms with E-state index in [4.69, 9.17) is 0 Å². The van der Waals surface area contributed by atoms with E-state index in [9.17, 15) is 4.79 Å². The Labute approximate surface area is 142 Å². The summed E-state index contributed by atoms with van der Waals surface area (Å²) < 4.78 is 1.88. The monoisotopic (exact) mass is 321 g/mol. The fourth-order valence-electron chi connectivity index (χ4n) is 2.65. The van der Waals surface area contributed by atoms with Crippen LogP contribution in [0.1, 0.15) is 31.4 Å². The lowest BCUT2D eigenvalue weighted by molar-refractivity contribution is -0.721.